The maximum absolute atomic E-state index is 12.1. The third-order valence-corrected chi connectivity index (χ3v) is 5.76. The van der Waals surface area contributed by atoms with Gasteiger partial charge in [0.05, 0.1) is 4.88 Å². The van der Waals surface area contributed by atoms with Gasteiger partial charge in [0.2, 0.25) is 10.0 Å². The van der Waals surface area contributed by atoms with Gasteiger partial charge in [0.1, 0.15) is 10.6 Å². The van der Waals surface area contributed by atoms with E-state index in [2.05, 4.69) is 14.8 Å². The second-order valence-corrected chi connectivity index (χ2v) is 7.91. The van der Waals surface area contributed by atoms with Crippen LogP contribution in [0, 0.1) is 0 Å². The highest BCUT2D eigenvalue weighted by atomic mass is 32.2. The first-order valence-corrected chi connectivity index (χ1v) is 9.94. The fourth-order valence-electron chi connectivity index (χ4n) is 2.19. The van der Waals surface area contributed by atoms with Crippen LogP contribution in [0.3, 0.4) is 0 Å². The van der Waals surface area contributed by atoms with Crippen LogP contribution in [0.2, 0.25) is 0 Å². The Hall–Kier alpha value is -2.36. The molecule has 25 heavy (non-hydrogen) atoms. The van der Waals surface area contributed by atoms with Crippen LogP contribution < -0.4 is 10.3 Å². The highest BCUT2D eigenvalue weighted by molar-refractivity contribution is 7.89. The van der Waals surface area contributed by atoms with Crippen LogP contribution in [0.5, 0.6) is 0 Å². The second-order valence-electron chi connectivity index (χ2n) is 5.20. The van der Waals surface area contributed by atoms with E-state index in [1.807, 2.05) is 17.5 Å². The van der Waals surface area contributed by atoms with Crippen molar-refractivity contribution in [1.82, 2.24) is 19.5 Å². The molecule has 0 bridgehead atoms. The Morgan fingerprint density at radius 1 is 1.16 bits per heavy atom. The predicted octanol–water partition coefficient (Wildman–Crippen LogP) is 1.74. The van der Waals surface area contributed by atoms with Crippen molar-refractivity contribution in [2.75, 3.05) is 6.54 Å². The molecule has 130 valence electrons. The lowest BCUT2D eigenvalue weighted by Crippen LogP contribution is -2.28. The predicted molar refractivity (Wildman–Crippen MR) is 95.9 cm³/mol. The summed E-state index contributed by atoms with van der Waals surface area (Å²) < 4.78 is 28.0. The van der Waals surface area contributed by atoms with Crippen molar-refractivity contribution in [1.29, 1.82) is 0 Å². The molecule has 7 nitrogen and oxygen atoms in total. The molecular formula is C16H16N4O3S2. The van der Waals surface area contributed by atoms with Crippen LogP contribution in [0.25, 0.3) is 10.6 Å². The minimum Gasteiger partial charge on any atom is -0.268 e. The lowest BCUT2D eigenvalue weighted by atomic mass is 10.3. The number of hydrogen-bond donors (Lipinski definition) is 1. The van der Waals surface area contributed by atoms with Crippen molar-refractivity contribution in [3.05, 3.63) is 64.5 Å². The summed E-state index contributed by atoms with van der Waals surface area (Å²) >= 11 is 1.54. The highest BCUT2D eigenvalue weighted by Gasteiger charge is 2.13. The Kier molecular flexibility index (Phi) is 5.37. The Morgan fingerprint density at radius 2 is 2.04 bits per heavy atom. The molecule has 0 saturated carbocycles. The van der Waals surface area contributed by atoms with E-state index in [9.17, 15) is 13.2 Å². The highest BCUT2D eigenvalue weighted by Crippen LogP contribution is 2.21. The molecule has 0 unspecified atom stereocenters. The van der Waals surface area contributed by atoms with Gasteiger partial charge in [-0.05, 0) is 36.1 Å². The number of nitrogens with zero attached hydrogens (tertiary/aromatic N) is 3. The van der Waals surface area contributed by atoms with Gasteiger partial charge in [-0.3, -0.25) is 9.78 Å². The van der Waals surface area contributed by atoms with Crippen LogP contribution in [-0.2, 0) is 16.6 Å². The van der Waals surface area contributed by atoms with Crippen molar-refractivity contribution in [3.8, 4) is 10.6 Å². The number of aromatic nitrogens is 3. The van der Waals surface area contributed by atoms with Gasteiger partial charge in [-0.25, -0.2) is 17.8 Å². The fourth-order valence-corrected chi connectivity index (χ4v) is 3.92. The monoisotopic (exact) mass is 376 g/mol. The molecule has 0 saturated heterocycles. The zero-order valence-electron chi connectivity index (χ0n) is 13.2. The molecule has 0 aliphatic rings. The smallest absolute Gasteiger partial charge is 0.266 e. The first kappa shape index (κ1) is 17.5. The zero-order chi connectivity index (χ0) is 17.7. The fraction of sp³-hybridized carbons (Fsp3) is 0.188. The molecule has 0 atom stereocenters. The summed E-state index contributed by atoms with van der Waals surface area (Å²) in [4.78, 5) is 16.8. The Bertz CT molecular complexity index is 984. The molecule has 0 fully saturated rings. The summed E-state index contributed by atoms with van der Waals surface area (Å²) in [7, 11) is -3.59. The van der Waals surface area contributed by atoms with Crippen LogP contribution in [-0.4, -0.2) is 29.7 Å². The SMILES string of the molecule is O=c1ccc(-c2cccs2)nn1CCCNS(=O)(=O)c1cccnc1. The van der Waals surface area contributed by atoms with E-state index in [-0.39, 0.29) is 17.0 Å². The number of pyridine rings is 1. The summed E-state index contributed by atoms with van der Waals surface area (Å²) in [5.41, 5.74) is 0.515. The second kappa shape index (κ2) is 7.68. The zero-order valence-corrected chi connectivity index (χ0v) is 14.8. The van der Waals surface area contributed by atoms with Crippen LogP contribution in [0.4, 0.5) is 0 Å². The largest absolute Gasteiger partial charge is 0.268 e. The molecule has 9 heteroatoms. The van der Waals surface area contributed by atoms with E-state index < -0.39 is 10.0 Å². The molecule has 0 aliphatic heterocycles. The molecule has 3 aromatic heterocycles. The average molecular weight is 376 g/mol. The van der Waals surface area contributed by atoms with E-state index in [1.54, 1.807) is 23.5 Å². The number of aryl methyl sites for hydroxylation is 1. The number of nitrogens with one attached hydrogen (secondary N) is 1. The van der Waals surface area contributed by atoms with Crippen molar-refractivity contribution >= 4 is 21.4 Å². The van der Waals surface area contributed by atoms with Crippen molar-refractivity contribution in [3.63, 3.8) is 0 Å². The van der Waals surface area contributed by atoms with Gasteiger partial charge in [-0.1, -0.05) is 6.07 Å². The van der Waals surface area contributed by atoms with Gasteiger partial charge in [0.25, 0.3) is 5.56 Å². The summed E-state index contributed by atoms with van der Waals surface area (Å²) in [5.74, 6) is 0. The molecule has 0 aliphatic carbocycles. The van der Waals surface area contributed by atoms with Gasteiger partial charge in [-0.2, -0.15) is 5.10 Å². The Labute approximate surface area is 149 Å². The maximum atomic E-state index is 12.1. The molecule has 0 radical (unpaired) electrons. The van der Waals surface area contributed by atoms with Gasteiger partial charge < -0.3 is 0 Å². The van der Waals surface area contributed by atoms with Crippen molar-refractivity contribution < 1.29 is 8.42 Å². The lowest BCUT2D eigenvalue weighted by Gasteiger charge is -2.08. The lowest BCUT2D eigenvalue weighted by molar-refractivity contribution is 0.537. The minimum absolute atomic E-state index is 0.116. The van der Waals surface area contributed by atoms with Crippen molar-refractivity contribution in [2.45, 2.75) is 17.9 Å². The molecule has 0 spiro atoms. The van der Waals surface area contributed by atoms with Crippen LogP contribution >= 0.6 is 11.3 Å². The van der Waals surface area contributed by atoms with Gasteiger partial charge >= 0.3 is 0 Å². The van der Waals surface area contributed by atoms with Crippen LogP contribution in [0.1, 0.15) is 6.42 Å². The summed E-state index contributed by atoms with van der Waals surface area (Å²) in [6.07, 6.45) is 3.25. The van der Waals surface area contributed by atoms with Gasteiger partial charge in [0, 0.05) is 31.5 Å². The third kappa shape index (κ3) is 4.38. The summed E-state index contributed by atoms with van der Waals surface area (Å²) in [5, 5.41) is 6.28. The number of thiophene rings is 1. The summed E-state index contributed by atoms with van der Waals surface area (Å²) in [6.45, 7) is 0.530. The molecule has 3 aromatic rings. The van der Waals surface area contributed by atoms with Crippen molar-refractivity contribution in [2.24, 2.45) is 0 Å². The van der Waals surface area contributed by atoms with E-state index in [4.69, 9.17) is 0 Å². The summed E-state index contributed by atoms with van der Waals surface area (Å²) in [6, 6.07) is 10.1. The minimum atomic E-state index is -3.59. The molecule has 1 N–H and O–H groups in total. The Morgan fingerprint density at radius 3 is 2.76 bits per heavy atom. The Balaban J connectivity index is 1.61. The number of hydrogen-bond acceptors (Lipinski definition) is 6. The number of rotatable bonds is 7. The normalized spacial score (nSPS) is 11.5. The topological polar surface area (TPSA) is 94.0 Å². The molecule has 3 rings (SSSR count). The molecular weight excluding hydrogens is 360 g/mol. The van der Waals surface area contributed by atoms with Gasteiger partial charge in [-0.15, -0.1) is 11.3 Å². The van der Waals surface area contributed by atoms with E-state index in [0.29, 0.717) is 13.0 Å². The van der Waals surface area contributed by atoms with E-state index >= 15 is 0 Å². The standard InChI is InChI=1S/C16H16N4O3S2/c21-16-7-6-14(15-5-2-11-24-15)19-20(16)10-3-9-18-25(22,23)13-4-1-8-17-12-13/h1-2,4-8,11-12,18H,3,9-10H2. The molecule has 0 amide bonds. The van der Waals surface area contributed by atoms with E-state index in [1.165, 1.54) is 29.2 Å². The maximum Gasteiger partial charge on any atom is 0.266 e. The van der Waals surface area contributed by atoms with Crippen LogP contribution in [0.15, 0.2) is 63.9 Å². The molecule has 0 aromatic carbocycles. The van der Waals surface area contributed by atoms with E-state index in [0.717, 1.165) is 10.6 Å². The first-order valence-electron chi connectivity index (χ1n) is 7.58. The average Bonchev–Trinajstić information content (AvgIpc) is 3.15. The quantitative estimate of drug-likeness (QED) is 0.634. The first-order chi connectivity index (χ1) is 12.1. The number of sulfonamides is 1. The van der Waals surface area contributed by atoms with Gasteiger partial charge in [0.15, 0.2) is 0 Å². The molecule has 3 heterocycles. The third-order valence-electron chi connectivity index (χ3n) is 3.42.